The number of carbonyl (C=O) groups excluding carboxylic acids is 1. The maximum absolute atomic E-state index is 11.3. The Hall–Kier alpha value is -2.06. The van der Waals surface area contributed by atoms with Gasteiger partial charge in [-0.15, -0.1) is 0 Å². The summed E-state index contributed by atoms with van der Waals surface area (Å²) in [4.78, 5) is 12.9. The molecule has 18 heavy (non-hydrogen) atoms. The van der Waals surface area contributed by atoms with E-state index in [0.29, 0.717) is 18.8 Å². The zero-order valence-electron chi connectivity index (χ0n) is 10.6. The van der Waals surface area contributed by atoms with Crippen molar-refractivity contribution in [1.29, 1.82) is 5.26 Å². The van der Waals surface area contributed by atoms with Gasteiger partial charge in [-0.1, -0.05) is 12.1 Å². The van der Waals surface area contributed by atoms with Gasteiger partial charge in [0.1, 0.15) is 11.8 Å². The van der Waals surface area contributed by atoms with Gasteiger partial charge in [0.05, 0.1) is 6.54 Å². The molecule has 0 fully saturated rings. The smallest absolute Gasteiger partial charge is 0.236 e. The lowest BCUT2D eigenvalue weighted by atomic mass is 10.2. The summed E-state index contributed by atoms with van der Waals surface area (Å²) in [6.45, 7) is 0.993. The van der Waals surface area contributed by atoms with E-state index in [2.05, 4.69) is 5.32 Å². The van der Waals surface area contributed by atoms with Gasteiger partial charge in [0, 0.05) is 20.6 Å². The van der Waals surface area contributed by atoms with Crippen molar-refractivity contribution < 1.29 is 9.53 Å². The van der Waals surface area contributed by atoms with Crippen LogP contribution in [0.15, 0.2) is 24.3 Å². The van der Waals surface area contributed by atoms with E-state index in [1.807, 2.05) is 30.3 Å². The van der Waals surface area contributed by atoms with Crippen molar-refractivity contribution in [2.45, 2.75) is 6.54 Å². The Morgan fingerprint density at radius 1 is 1.39 bits per heavy atom. The quantitative estimate of drug-likeness (QED) is 0.806. The summed E-state index contributed by atoms with van der Waals surface area (Å²) in [6.07, 6.45) is 0. The fraction of sp³-hybridized carbons (Fsp3) is 0.385. The zero-order valence-corrected chi connectivity index (χ0v) is 10.6. The standard InChI is InChI=1S/C13H17N3O2/c1-16(2)13(17)10-15-9-11-3-5-12(6-4-11)18-8-7-14/h3-6,15H,8-10H2,1-2H3. The molecule has 0 bridgehead atoms. The monoisotopic (exact) mass is 247 g/mol. The first kappa shape index (κ1) is 14.0. The summed E-state index contributed by atoms with van der Waals surface area (Å²) >= 11 is 0. The molecule has 0 saturated carbocycles. The maximum atomic E-state index is 11.3. The number of ether oxygens (including phenoxy) is 1. The highest BCUT2D eigenvalue weighted by atomic mass is 16.5. The summed E-state index contributed by atoms with van der Waals surface area (Å²) in [5.41, 5.74) is 1.06. The van der Waals surface area contributed by atoms with E-state index in [1.54, 1.807) is 19.0 Å². The van der Waals surface area contributed by atoms with E-state index in [0.717, 1.165) is 5.56 Å². The van der Waals surface area contributed by atoms with Crippen molar-refractivity contribution >= 4 is 5.91 Å². The lowest BCUT2D eigenvalue weighted by molar-refractivity contribution is -0.127. The van der Waals surface area contributed by atoms with Gasteiger partial charge in [0.15, 0.2) is 6.61 Å². The summed E-state index contributed by atoms with van der Waals surface area (Å²) in [5.74, 6) is 0.716. The second-order valence-corrected chi connectivity index (χ2v) is 3.98. The molecular weight excluding hydrogens is 230 g/mol. The second kappa shape index (κ2) is 7.30. The van der Waals surface area contributed by atoms with Crippen molar-refractivity contribution in [2.75, 3.05) is 27.2 Å². The number of hydrogen-bond donors (Lipinski definition) is 1. The first-order chi connectivity index (χ1) is 8.63. The van der Waals surface area contributed by atoms with Crippen LogP contribution in [-0.2, 0) is 11.3 Å². The van der Waals surface area contributed by atoms with Crippen LogP contribution in [0.25, 0.3) is 0 Å². The predicted molar refractivity (Wildman–Crippen MR) is 68.0 cm³/mol. The Kier molecular flexibility index (Phi) is 5.68. The average molecular weight is 247 g/mol. The van der Waals surface area contributed by atoms with Crippen molar-refractivity contribution in [2.24, 2.45) is 0 Å². The molecule has 1 aromatic carbocycles. The molecule has 1 amide bonds. The minimum Gasteiger partial charge on any atom is -0.479 e. The van der Waals surface area contributed by atoms with Gasteiger partial charge in [-0.25, -0.2) is 0 Å². The molecule has 0 aromatic heterocycles. The fourth-order valence-electron chi connectivity index (χ4n) is 1.29. The average Bonchev–Trinajstić information content (AvgIpc) is 2.37. The predicted octanol–water partition coefficient (Wildman–Crippen LogP) is 0.767. The molecule has 5 heteroatoms. The van der Waals surface area contributed by atoms with Crippen LogP contribution in [0, 0.1) is 11.3 Å². The van der Waals surface area contributed by atoms with Crippen molar-refractivity contribution in [1.82, 2.24) is 10.2 Å². The maximum Gasteiger partial charge on any atom is 0.236 e. The van der Waals surface area contributed by atoms with Gasteiger partial charge in [-0.3, -0.25) is 4.79 Å². The largest absolute Gasteiger partial charge is 0.479 e. The van der Waals surface area contributed by atoms with Gasteiger partial charge in [0.25, 0.3) is 0 Å². The minimum atomic E-state index is 0.0453. The van der Waals surface area contributed by atoms with Gasteiger partial charge in [0.2, 0.25) is 5.91 Å². The topological polar surface area (TPSA) is 65.4 Å². The van der Waals surface area contributed by atoms with Crippen molar-refractivity contribution in [3.05, 3.63) is 29.8 Å². The molecule has 0 atom stereocenters. The SMILES string of the molecule is CN(C)C(=O)CNCc1ccc(OCC#N)cc1. The number of nitrogens with zero attached hydrogens (tertiary/aromatic N) is 2. The number of benzene rings is 1. The van der Waals surface area contributed by atoms with Gasteiger partial charge < -0.3 is 15.0 Å². The first-order valence-electron chi connectivity index (χ1n) is 5.63. The fourth-order valence-corrected chi connectivity index (χ4v) is 1.29. The second-order valence-electron chi connectivity index (χ2n) is 3.98. The Bertz CT molecular complexity index is 421. The van der Waals surface area contributed by atoms with Crippen LogP contribution in [0.3, 0.4) is 0 Å². The van der Waals surface area contributed by atoms with E-state index in [1.165, 1.54) is 0 Å². The summed E-state index contributed by atoms with van der Waals surface area (Å²) < 4.78 is 5.14. The normalized spacial score (nSPS) is 9.61. The van der Waals surface area contributed by atoms with Crippen LogP contribution < -0.4 is 10.1 Å². The van der Waals surface area contributed by atoms with Crippen LogP contribution in [0.2, 0.25) is 0 Å². The van der Waals surface area contributed by atoms with Gasteiger partial charge in [-0.2, -0.15) is 5.26 Å². The number of carbonyl (C=O) groups is 1. The molecule has 0 saturated heterocycles. The third kappa shape index (κ3) is 4.85. The number of amides is 1. The molecule has 0 aliphatic carbocycles. The molecule has 0 heterocycles. The molecule has 5 nitrogen and oxygen atoms in total. The Labute approximate surface area is 107 Å². The lowest BCUT2D eigenvalue weighted by Gasteiger charge is -2.11. The molecule has 0 radical (unpaired) electrons. The van der Waals surface area contributed by atoms with E-state index in [-0.39, 0.29) is 12.5 Å². The lowest BCUT2D eigenvalue weighted by Crippen LogP contribution is -2.32. The van der Waals surface area contributed by atoms with Crippen molar-refractivity contribution in [3.8, 4) is 11.8 Å². The van der Waals surface area contributed by atoms with Crippen LogP contribution in [-0.4, -0.2) is 38.1 Å². The summed E-state index contributed by atoms with van der Waals surface area (Å²) in [5, 5.41) is 11.4. The number of likely N-dealkylation sites (N-methyl/N-ethyl adjacent to an activating group) is 1. The van der Waals surface area contributed by atoms with Gasteiger partial charge in [-0.05, 0) is 17.7 Å². The van der Waals surface area contributed by atoms with Gasteiger partial charge >= 0.3 is 0 Å². The number of rotatable bonds is 6. The Morgan fingerprint density at radius 3 is 2.61 bits per heavy atom. The molecule has 1 aromatic rings. The molecule has 96 valence electrons. The molecule has 0 aliphatic heterocycles. The number of nitrogens with one attached hydrogen (secondary N) is 1. The van der Waals surface area contributed by atoms with E-state index < -0.39 is 0 Å². The molecular formula is C13H17N3O2. The Morgan fingerprint density at radius 2 is 2.06 bits per heavy atom. The summed E-state index contributed by atoms with van der Waals surface area (Å²) in [7, 11) is 3.46. The first-order valence-corrected chi connectivity index (χ1v) is 5.63. The van der Waals surface area contributed by atoms with Crippen LogP contribution in [0.5, 0.6) is 5.75 Å². The minimum absolute atomic E-state index is 0.0453. The van der Waals surface area contributed by atoms with Crippen molar-refractivity contribution in [3.63, 3.8) is 0 Å². The highest BCUT2D eigenvalue weighted by molar-refractivity contribution is 5.77. The highest BCUT2D eigenvalue weighted by Gasteiger charge is 2.02. The van der Waals surface area contributed by atoms with E-state index in [4.69, 9.17) is 10.00 Å². The third-order valence-electron chi connectivity index (χ3n) is 2.33. The van der Waals surface area contributed by atoms with Crippen LogP contribution >= 0.6 is 0 Å². The van der Waals surface area contributed by atoms with Crippen LogP contribution in [0.4, 0.5) is 0 Å². The summed E-state index contributed by atoms with van der Waals surface area (Å²) in [6, 6.07) is 9.33. The number of nitriles is 1. The highest BCUT2D eigenvalue weighted by Crippen LogP contribution is 2.11. The molecule has 0 unspecified atom stereocenters. The molecule has 0 aliphatic rings. The third-order valence-corrected chi connectivity index (χ3v) is 2.33. The molecule has 0 spiro atoms. The zero-order chi connectivity index (χ0) is 13.4. The molecule has 1 N–H and O–H groups in total. The Balaban J connectivity index is 2.35. The van der Waals surface area contributed by atoms with E-state index >= 15 is 0 Å². The molecule has 1 rings (SSSR count). The number of hydrogen-bond acceptors (Lipinski definition) is 4. The van der Waals surface area contributed by atoms with E-state index in [9.17, 15) is 4.79 Å². The van der Waals surface area contributed by atoms with Crippen LogP contribution in [0.1, 0.15) is 5.56 Å².